The molecule has 0 saturated heterocycles. The smallest absolute Gasteiger partial charge is 0.416 e. The fraction of sp³-hybridized carbons (Fsp3) is 0.250. The minimum Gasteiger partial charge on any atom is -0.474 e. The zero-order chi connectivity index (χ0) is 27.4. The number of alkyl halides is 3. The van der Waals surface area contributed by atoms with Crippen LogP contribution in [-0.4, -0.2) is 36.8 Å². The molecule has 1 aromatic heterocycles. The molecule has 1 atom stereocenters. The molecular weight excluding hydrogens is 553 g/mol. The van der Waals surface area contributed by atoms with Crippen LogP contribution in [0.2, 0.25) is 5.02 Å². The van der Waals surface area contributed by atoms with Crippen molar-refractivity contribution >= 4 is 44.8 Å². The molecule has 13 heteroatoms. The summed E-state index contributed by atoms with van der Waals surface area (Å²) in [7, 11) is -3.91. The van der Waals surface area contributed by atoms with Crippen molar-refractivity contribution in [2.45, 2.75) is 36.3 Å². The van der Waals surface area contributed by atoms with Gasteiger partial charge in [0.15, 0.2) is 0 Å². The van der Waals surface area contributed by atoms with Crippen molar-refractivity contribution in [2.24, 2.45) is 0 Å². The Morgan fingerprint density at radius 2 is 1.76 bits per heavy atom. The van der Waals surface area contributed by atoms with Gasteiger partial charge in [0.2, 0.25) is 10.0 Å². The standard InChI is InChI=1S/C24H22ClF3N2O5S2/c1-15(17-5-7-19(25)8-6-17)12-29-37(34,35)21-10-9-20(36-21)14-30(22(31)23(32)33)13-16-3-2-4-18(11-16)24(26,27)28/h2-11,15,29H,12-14H2,1H3,(H,32,33). The summed E-state index contributed by atoms with van der Waals surface area (Å²) < 4.78 is 67.2. The van der Waals surface area contributed by atoms with Crippen LogP contribution in [0.25, 0.3) is 0 Å². The van der Waals surface area contributed by atoms with E-state index in [0.29, 0.717) is 9.90 Å². The molecule has 2 N–H and O–H groups in total. The number of benzene rings is 2. The highest BCUT2D eigenvalue weighted by Gasteiger charge is 2.31. The van der Waals surface area contributed by atoms with E-state index in [1.54, 1.807) is 24.3 Å². The molecule has 0 aliphatic rings. The molecule has 0 fully saturated rings. The van der Waals surface area contributed by atoms with E-state index in [0.717, 1.165) is 40.0 Å². The number of carbonyl (C=O) groups is 2. The normalized spacial score (nSPS) is 12.8. The zero-order valence-electron chi connectivity index (χ0n) is 19.3. The van der Waals surface area contributed by atoms with Crippen LogP contribution in [-0.2, 0) is 38.9 Å². The lowest BCUT2D eigenvalue weighted by atomic mass is 10.0. The predicted octanol–water partition coefficient (Wildman–Crippen LogP) is 5.12. The lowest BCUT2D eigenvalue weighted by Gasteiger charge is -2.20. The van der Waals surface area contributed by atoms with Crippen molar-refractivity contribution in [1.82, 2.24) is 9.62 Å². The Morgan fingerprint density at radius 1 is 1.08 bits per heavy atom. The van der Waals surface area contributed by atoms with E-state index in [4.69, 9.17) is 11.6 Å². The third-order valence-corrected chi connectivity index (χ3v) is 8.60. The second kappa shape index (κ2) is 11.6. The molecule has 0 spiro atoms. The molecule has 7 nitrogen and oxygen atoms in total. The molecule has 1 amide bonds. The van der Waals surface area contributed by atoms with E-state index in [-0.39, 0.29) is 28.8 Å². The first kappa shape index (κ1) is 28.6. The van der Waals surface area contributed by atoms with Gasteiger partial charge in [-0.3, -0.25) is 4.79 Å². The monoisotopic (exact) mass is 574 g/mol. The highest BCUT2D eigenvalue weighted by Crippen LogP contribution is 2.30. The first-order chi connectivity index (χ1) is 17.3. The summed E-state index contributed by atoms with van der Waals surface area (Å²) in [6, 6.07) is 13.9. The second-order valence-corrected chi connectivity index (χ2v) is 11.8. The number of halogens is 4. The number of nitrogens with zero attached hydrogens (tertiary/aromatic N) is 1. The topological polar surface area (TPSA) is 104 Å². The van der Waals surface area contributed by atoms with E-state index >= 15 is 0 Å². The number of hydrogen-bond donors (Lipinski definition) is 2. The highest BCUT2D eigenvalue weighted by atomic mass is 35.5. The summed E-state index contributed by atoms with van der Waals surface area (Å²) in [6.45, 7) is 1.24. The van der Waals surface area contributed by atoms with Crippen LogP contribution in [0.1, 0.15) is 34.4 Å². The van der Waals surface area contributed by atoms with Crippen LogP contribution < -0.4 is 4.72 Å². The molecule has 0 radical (unpaired) electrons. The highest BCUT2D eigenvalue weighted by molar-refractivity contribution is 7.91. The number of rotatable bonds is 9. The molecule has 2 aromatic carbocycles. The first-order valence-electron chi connectivity index (χ1n) is 10.8. The van der Waals surface area contributed by atoms with Crippen molar-refractivity contribution < 1.29 is 36.3 Å². The van der Waals surface area contributed by atoms with E-state index in [2.05, 4.69) is 4.72 Å². The maximum absolute atomic E-state index is 13.0. The van der Waals surface area contributed by atoms with Crippen molar-refractivity contribution in [3.8, 4) is 0 Å². The number of sulfonamides is 1. The lowest BCUT2D eigenvalue weighted by molar-refractivity contribution is -0.156. The van der Waals surface area contributed by atoms with Crippen LogP contribution in [0, 0.1) is 0 Å². The van der Waals surface area contributed by atoms with Crippen molar-refractivity contribution in [3.63, 3.8) is 0 Å². The molecule has 0 bridgehead atoms. The van der Waals surface area contributed by atoms with Gasteiger partial charge in [0.05, 0.1) is 12.1 Å². The largest absolute Gasteiger partial charge is 0.474 e. The van der Waals surface area contributed by atoms with E-state index in [1.807, 2.05) is 6.92 Å². The summed E-state index contributed by atoms with van der Waals surface area (Å²) in [5, 5.41) is 9.74. The Labute approximate surface area is 220 Å². The van der Waals surface area contributed by atoms with Crippen molar-refractivity contribution in [3.05, 3.63) is 87.3 Å². The number of thiophene rings is 1. The molecular formula is C24H22ClF3N2O5S2. The first-order valence-corrected chi connectivity index (χ1v) is 13.5. The summed E-state index contributed by atoms with van der Waals surface area (Å²) in [5.74, 6) is -3.26. The summed E-state index contributed by atoms with van der Waals surface area (Å²) >= 11 is 6.71. The van der Waals surface area contributed by atoms with Crippen molar-refractivity contribution in [2.75, 3.05) is 6.54 Å². The van der Waals surface area contributed by atoms with Crippen LogP contribution in [0.4, 0.5) is 13.2 Å². The van der Waals surface area contributed by atoms with Crippen molar-refractivity contribution in [1.29, 1.82) is 0 Å². The second-order valence-electron chi connectivity index (χ2n) is 8.19. The van der Waals surface area contributed by atoms with Crippen LogP contribution in [0.3, 0.4) is 0 Å². The Morgan fingerprint density at radius 3 is 2.38 bits per heavy atom. The van der Waals surface area contributed by atoms with Gasteiger partial charge < -0.3 is 10.0 Å². The van der Waals surface area contributed by atoms with Gasteiger partial charge in [0.25, 0.3) is 0 Å². The minimum atomic E-state index is -4.60. The predicted molar refractivity (Wildman–Crippen MR) is 133 cm³/mol. The van der Waals surface area contributed by atoms with Gasteiger partial charge in [0.1, 0.15) is 4.21 Å². The zero-order valence-corrected chi connectivity index (χ0v) is 21.7. The number of carbonyl (C=O) groups excluding carboxylic acids is 1. The Balaban J connectivity index is 1.73. The Bertz CT molecular complexity index is 1380. The molecule has 0 saturated carbocycles. The van der Waals surface area contributed by atoms with E-state index in [9.17, 15) is 36.3 Å². The number of aliphatic carboxylic acids is 1. The molecule has 198 valence electrons. The molecule has 3 aromatic rings. The fourth-order valence-electron chi connectivity index (χ4n) is 3.39. The minimum absolute atomic E-state index is 0.0485. The van der Waals surface area contributed by atoms with Gasteiger partial charge in [-0.15, -0.1) is 11.3 Å². The number of carboxylic acids is 1. The number of nitrogens with one attached hydrogen (secondary N) is 1. The van der Waals surface area contributed by atoms with Gasteiger partial charge in [-0.25, -0.2) is 17.9 Å². The third-order valence-electron chi connectivity index (χ3n) is 5.37. The number of carboxylic acid groups (broad SMARTS) is 1. The van der Waals surface area contributed by atoms with Gasteiger partial charge in [-0.2, -0.15) is 13.2 Å². The van der Waals surface area contributed by atoms with Crippen LogP contribution in [0.15, 0.2) is 64.9 Å². The fourth-order valence-corrected chi connectivity index (χ4v) is 6.06. The van der Waals surface area contributed by atoms with Gasteiger partial charge in [-0.05, 0) is 53.4 Å². The average molecular weight is 575 g/mol. The van der Waals surface area contributed by atoms with Crippen LogP contribution in [0.5, 0.6) is 0 Å². The maximum Gasteiger partial charge on any atom is 0.416 e. The maximum atomic E-state index is 13.0. The van der Waals surface area contributed by atoms with Gasteiger partial charge in [-0.1, -0.05) is 42.8 Å². The average Bonchev–Trinajstić information content (AvgIpc) is 3.31. The number of amides is 1. The Hall–Kier alpha value is -2.93. The summed E-state index contributed by atoms with van der Waals surface area (Å²) in [5.41, 5.74) is 0.0270. The SMILES string of the molecule is CC(CNS(=O)(=O)c1ccc(CN(Cc2cccc(C(F)(F)F)c2)C(=O)C(=O)O)s1)c1ccc(Cl)cc1. The molecule has 3 rings (SSSR count). The van der Waals surface area contributed by atoms with Gasteiger partial charge in [0, 0.05) is 23.0 Å². The molecule has 1 unspecified atom stereocenters. The summed E-state index contributed by atoms with van der Waals surface area (Å²) in [6.07, 6.45) is -4.60. The van der Waals surface area contributed by atoms with E-state index < -0.39 is 40.2 Å². The summed E-state index contributed by atoms with van der Waals surface area (Å²) in [4.78, 5) is 24.7. The molecule has 0 aliphatic heterocycles. The molecule has 0 aliphatic carbocycles. The van der Waals surface area contributed by atoms with Gasteiger partial charge >= 0.3 is 18.1 Å². The van der Waals surface area contributed by atoms with E-state index in [1.165, 1.54) is 18.2 Å². The molecule has 1 heterocycles. The molecule has 37 heavy (non-hydrogen) atoms. The quantitative estimate of drug-likeness (QED) is 0.345. The Kier molecular flexibility index (Phi) is 9.00. The van der Waals surface area contributed by atoms with Crippen LogP contribution >= 0.6 is 22.9 Å². The third kappa shape index (κ3) is 7.78. The lowest BCUT2D eigenvalue weighted by Crippen LogP contribution is -2.35. The number of hydrogen-bond acceptors (Lipinski definition) is 5.